The van der Waals surface area contributed by atoms with Crippen molar-refractivity contribution in [2.24, 2.45) is 0 Å². The molecule has 2 nitrogen and oxygen atoms in total. The number of nitrogens with one attached hydrogen (secondary N) is 2. The van der Waals surface area contributed by atoms with Gasteiger partial charge in [0, 0.05) is 6.04 Å². The van der Waals surface area contributed by atoms with E-state index in [0.29, 0.717) is 6.42 Å². The Morgan fingerprint density at radius 3 is 2.62 bits per heavy atom. The van der Waals surface area contributed by atoms with E-state index in [4.69, 9.17) is 0 Å². The van der Waals surface area contributed by atoms with Crippen LogP contribution in [0.1, 0.15) is 13.3 Å². The zero-order valence-electron chi connectivity index (χ0n) is 7.31. The average molecular weight is 255 g/mol. The Morgan fingerprint density at radius 1 is 1.23 bits per heavy atom. The fraction of sp³-hybridized carbons (Fsp3) is 1.00. The molecule has 2 rings (SSSR count). The van der Waals surface area contributed by atoms with Crippen LogP contribution in [0.2, 0.25) is 0 Å². The molecule has 13 heavy (non-hydrogen) atoms. The van der Waals surface area contributed by atoms with Crippen LogP contribution in [0, 0.1) is 0 Å². The Balaban J connectivity index is 2.11. The van der Waals surface area contributed by atoms with Gasteiger partial charge in [-0.05, 0) is 13.3 Å². The van der Waals surface area contributed by atoms with Crippen LogP contribution in [-0.4, -0.2) is 35.4 Å². The number of alkyl halides is 3. The molecule has 0 aromatic rings. The molecule has 0 spiro atoms. The molecule has 0 radical (unpaired) electrons. The van der Waals surface area contributed by atoms with Crippen molar-refractivity contribution in [3.8, 4) is 0 Å². The number of hydrogen-bond acceptors (Lipinski definition) is 2. The maximum atomic E-state index is 13.4. The molecule has 5 heteroatoms. The van der Waals surface area contributed by atoms with E-state index in [9.17, 15) is 8.78 Å². The van der Waals surface area contributed by atoms with Gasteiger partial charge in [0.2, 0.25) is 0 Å². The van der Waals surface area contributed by atoms with E-state index < -0.39 is 12.3 Å². The van der Waals surface area contributed by atoms with Crippen molar-refractivity contribution in [2.75, 3.05) is 0 Å². The molecule has 0 aromatic heterocycles. The minimum absolute atomic E-state index is 0.0568. The van der Waals surface area contributed by atoms with E-state index in [0.717, 1.165) is 0 Å². The van der Waals surface area contributed by atoms with E-state index in [1.807, 2.05) is 6.92 Å². The molecular weight excluding hydrogens is 242 g/mol. The standard InChI is InChI=1S/C8H13BrF2N2/c1-3-12-5-2-4(9)6(10)7(11)8(5)13-3/h3-8,12-13H,2H2,1H3. The van der Waals surface area contributed by atoms with E-state index in [1.54, 1.807) is 0 Å². The van der Waals surface area contributed by atoms with Gasteiger partial charge in [0.25, 0.3) is 0 Å². The van der Waals surface area contributed by atoms with Gasteiger partial charge >= 0.3 is 0 Å². The number of fused-ring (bicyclic) bond motifs is 1. The van der Waals surface area contributed by atoms with E-state index in [-0.39, 0.29) is 23.1 Å². The molecule has 0 bridgehead atoms. The number of hydrogen-bond donors (Lipinski definition) is 2. The quantitative estimate of drug-likeness (QED) is 0.633. The molecular formula is C8H13BrF2N2. The van der Waals surface area contributed by atoms with Crippen LogP contribution < -0.4 is 10.6 Å². The van der Waals surface area contributed by atoms with Crippen LogP contribution in [0.3, 0.4) is 0 Å². The Bertz CT molecular complexity index is 203. The third-order valence-corrected chi connectivity index (χ3v) is 3.69. The van der Waals surface area contributed by atoms with Gasteiger partial charge < -0.3 is 0 Å². The molecule has 1 aliphatic heterocycles. The predicted octanol–water partition coefficient (Wildman–Crippen LogP) is 1.11. The Hall–Kier alpha value is 0.260. The topological polar surface area (TPSA) is 24.1 Å². The Kier molecular flexibility index (Phi) is 2.59. The molecule has 0 amide bonds. The second kappa shape index (κ2) is 3.44. The highest BCUT2D eigenvalue weighted by molar-refractivity contribution is 9.09. The highest BCUT2D eigenvalue weighted by atomic mass is 79.9. The fourth-order valence-electron chi connectivity index (χ4n) is 2.18. The summed E-state index contributed by atoms with van der Waals surface area (Å²) in [5.41, 5.74) is 0. The third-order valence-electron chi connectivity index (χ3n) is 2.81. The summed E-state index contributed by atoms with van der Waals surface area (Å²) in [6, 6.07) is -0.305. The summed E-state index contributed by atoms with van der Waals surface area (Å²) in [6.07, 6.45) is -2.07. The largest absolute Gasteiger partial charge is 0.298 e. The van der Waals surface area contributed by atoms with Crippen molar-refractivity contribution in [1.29, 1.82) is 0 Å². The summed E-state index contributed by atoms with van der Waals surface area (Å²) in [4.78, 5) is -0.358. The first-order chi connectivity index (χ1) is 6.09. The Morgan fingerprint density at radius 2 is 1.92 bits per heavy atom. The maximum absolute atomic E-state index is 13.4. The zero-order valence-corrected chi connectivity index (χ0v) is 8.89. The summed E-state index contributed by atoms with van der Waals surface area (Å²) < 4.78 is 26.7. The van der Waals surface area contributed by atoms with Gasteiger partial charge in [-0.2, -0.15) is 0 Å². The minimum atomic E-state index is -1.40. The predicted molar refractivity (Wildman–Crippen MR) is 50.4 cm³/mol. The van der Waals surface area contributed by atoms with Crippen LogP contribution in [0.15, 0.2) is 0 Å². The van der Waals surface area contributed by atoms with Gasteiger partial charge in [-0.1, -0.05) is 15.9 Å². The second-order valence-electron chi connectivity index (χ2n) is 3.83. The maximum Gasteiger partial charge on any atom is 0.149 e. The summed E-state index contributed by atoms with van der Waals surface area (Å²) in [6.45, 7) is 1.92. The third kappa shape index (κ3) is 1.62. The molecule has 6 atom stereocenters. The van der Waals surface area contributed by atoms with Gasteiger partial charge in [0.1, 0.15) is 12.3 Å². The smallest absolute Gasteiger partial charge is 0.149 e. The number of halogens is 3. The SMILES string of the molecule is CC1NC2CC(Br)C(F)C(F)C2N1. The van der Waals surface area contributed by atoms with E-state index >= 15 is 0 Å². The van der Waals surface area contributed by atoms with Crippen molar-refractivity contribution < 1.29 is 8.78 Å². The first-order valence-electron chi connectivity index (χ1n) is 4.54. The van der Waals surface area contributed by atoms with Crippen molar-refractivity contribution in [1.82, 2.24) is 10.6 Å². The summed E-state index contributed by atoms with van der Waals surface area (Å²) >= 11 is 3.17. The molecule has 76 valence electrons. The first kappa shape index (κ1) is 9.80. The second-order valence-corrected chi connectivity index (χ2v) is 5.00. The highest BCUT2D eigenvalue weighted by Crippen LogP contribution is 2.32. The van der Waals surface area contributed by atoms with Crippen molar-refractivity contribution in [3.63, 3.8) is 0 Å². The molecule has 1 heterocycles. The fourth-order valence-corrected chi connectivity index (χ4v) is 2.87. The Labute approximate surface area is 84.6 Å². The summed E-state index contributed by atoms with van der Waals surface area (Å²) in [5.74, 6) is 0. The van der Waals surface area contributed by atoms with Crippen molar-refractivity contribution in [2.45, 2.75) is 48.8 Å². The molecule has 2 fully saturated rings. The normalized spacial score (nSPS) is 56.3. The van der Waals surface area contributed by atoms with E-state index in [2.05, 4.69) is 26.6 Å². The van der Waals surface area contributed by atoms with E-state index in [1.165, 1.54) is 0 Å². The average Bonchev–Trinajstić information content (AvgIpc) is 2.42. The lowest BCUT2D eigenvalue weighted by Crippen LogP contribution is -2.54. The van der Waals surface area contributed by atoms with Crippen LogP contribution in [-0.2, 0) is 0 Å². The van der Waals surface area contributed by atoms with Crippen LogP contribution in [0.4, 0.5) is 8.78 Å². The van der Waals surface area contributed by atoms with Gasteiger partial charge in [-0.3, -0.25) is 10.6 Å². The van der Waals surface area contributed by atoms with Gasteiger partial charge in [0.05, 0.1) is 17.0 Å². The van der Waals surface area contributed by atoms with Crippen LogP contribution >= 0.6 is 15.9 Å². The molecule has 1 saturated heterocycles. The first-order valence-corrected chi connectivity index (χ1v) is 5.45. The van der Waals surface area contributed by atoms with Crippen molar-refractivity contribution in [3.05, 3.63) is 0 Å². The summed E-state index contributed by atoms with van der Waals surface area (Å²) in [5, 5.41) is 6.20. The van der Waals surface area contributed by atoms with Crippen LogP contribution in [0.5, 0.6) is 0 Å². The lowest BCUT2D eigenvalue weighted by atomic mass is 9.88. The molecule has 1 aliphatic carbocycles. The highest BCUT2D eigenvalue weighted by Gasteiger charge is 2.48. The number of rotatable bonds is 0. The molecule has 0 aromatic carbocycles. The molecule has 2 N–H and O–H groups in total. The summed E-state index contributed by atoms with van der Waals surface area (Å²) in [7, 11) is 0. The lowest BCUT2D eigenvalue weighted by molar-refractivity contribution is 0.0928. The van der Waals surface area contributed by atoms with Gasteiger partial charge in [-0.15, -0.1) is 0 Å². The molecule has 1 saturated carbocycles. The zero-order chi connectivity index (χ0) is 9.59. The van der Waals surface area contributed by atoms with Crippen molar-refractivity contribution >= 4 is 15.9 Å². The van der Waals surface area contributed by atoms with Gasteiger partial charge in [0.15, 0.2) is 0 Å². The molecule has 2 aliphatic rings. The molecule has 6 unspecified atom stereocenters. The van der Waals surface area contributed by atoms with Gasteiger partial charge in [-0.25, -0.2) is 8.78 Å². The van der Waals surface area contributed by atoms with Crippen LogP contribution in [0.25, 0.3) is 0 Å². The monoisotopic (exact) mass is 254 g/mol. The minimum Gasteiger partial charge on any atom is -0.298 e. The lowest BCUT2D eigenvalue weighted by Gasteiger charge is -2.34.